The van der Waals surface area contributed by atoms with E-state index in [0.29, 0.717) is 5.57 Å². The molecule has 0 spiro atoms. The lowest BCUT2D eigenvalue weighted by Crippen LogP contribution is -2.42. The van der Waals surface area contributed by atoms with Gasteiger partial charge >= 0.3 is 11.9 Å². The Morgan fingerprint density at radius 3 is 2.57 bits per heavy atom. The predicted octanol–water partition coefficient (Wildman–Crippen LogP) is 0.141. The van der Waals surface area contributed by atoms with Gasteiger partial charge in [0.05, 0.1) is 7.11 Å². The number of esters is 1. The van der Waals surface area contributed by atoms with Crippen molar-refractivity contribution in [1.82, 2.24) is 5.32 Å². The van der Waals surface area contributed by atoms with Crippen molar-refractivity contribution in [3.05, 3.63) is 11.1 Å². The molecule has 1 atom stereocenters. The van der Waals surface area contributed by atoms with Gasteiger partial charge in [-0.25, -0.2) is 9.59 Å². The third kappa shape index (κ3) is 4.89. The summed E-state index contributed by atoms with van der Waals surface area (Å²) in [5.41, 5.74) is 0.431. The summed E-state index contributed by atoms with van der Waals surface area (Å²) in [6.45, 7) is 1.28. The van der Waals surface area contributed by atoms with Gasteiger partial charge in [-0.1, -0.05) is 0 Å². The summed E-state index contributed by atoms with van der Waals surface area (Å²) in [6, 6.07) is -0.817. The Morgan fingerprint density at radius 2 is 2.05 bits per heavy atom. The largest absolute Gasteiger partial charge is 0.478 e. The molecule has 0 bridgehead atoms. The van der Waals surface area contributed by atoms with Gasteiger partial charge < -0.3 is 15.2 Å². The van der Waals surface area contributed by atoms with Gasteiger partial charge in [0, 0.05) is 36.0 Å². The van der Waals surface area contributed by atoms with Crippen molar-refractivity contribution in [2.24, 2.45) is 0 Å². The van der Waals surface area contributed by atoms with Crippen LogP contribution in [-0.2, 0) is 23.9 Å². The standard InChI is InChI=1S/C13H17NO6S/c1-7(15)14-10(13(19)20-2)6-21-5-9-8(12(17)18)3-4-11(9)16/h10H,3-6H2,1-2H3,(H,14,15)(H,17,18)/t10-/m0/s1. The van der Waals surface area contributed by atoms with Crippen LogP contribution in [0.25, 0.3) is 0 Å². The molecule has 116 valence electrons. The zero-order valence-electron chi connectivity index (χ0n) is 11.8. The van der Waals surface area contributed by atoms with Crippen LogP contribution in [-0.4, -0.2) is 53.4 Å². The summed E-state index contributed by atoms with van der Waals surface area (Å²) in [5, 5.41) is 11.5. The van der Waals surface area contributed by atoms with Crippen molar-refractivity contribution in [2.75, 3.05) is 18.6 Å². The molecule has 0 unspecified atom stereocenters. The van der Waals surface area contributed by atoms with E-state index in [1.807, 2.05) is 0 Å². The average molecular weight is 315 g/mol. The Kier molecular flexibility index (Phi) is 6.41. The molecule has 0 aliphatic heterocycles. The van der Waals surface area contributed by atoms with Crippen LogP contribution in [0.1, 0.15) is 19.8 Å². The Hall–Kier alpha value is -1.83. The number of rotatable bonds is 7. The van der Waals surface area contributed by atoms with E-state index in [4.69, 9.17) is 5.11 Å². The van der Waals surface area contributed by atoms with E-state index in [0.717, 1.165) is 0 Å². The third-order valence-electron chi connectivity index (χ3n) is 2.96. The van der Waals surface area contributed by atoms with Crippen molar-refractivity contribution in [3.63, 3.8) is 0 Å². The summed E-state index contributed by atoms with van der Waals surface area (Å²) in [4.78, 5) is 45.1. The molecule has 1 amide bonds. The quantitative estimate of drug-likeness (QED) is 0.643. The molecule has 7 nitrogen and oxygen atoms in total. The third-order valence-corrected chi connectivity index (χ3v) is 4.02. The zero-order valence-corrected chi connectivity index (χ0v) is 12.6. The molecule has 0 saturated heterocycles. The van der Waals surface area contributed by atoms with Gasteiger partial charge in [-0.2, -0.15) is 11.8 Å². The molecule has 1 rings (SSSR count). The monoisotopic (exact) mass is 315 g/mol. The molecule has 0 heterocycles. The number of Topliss-reactive ketones (excluding diaryl/α,β-unsaturated/α-hetero) is 1. The van der Waals surface area contributed by atoms with Crippen LogP contribution >= 0.6 is 11.8 Å². The first-order valence-corrected chi connectivity index (χ1v) is 7.43. The summed E-state index contributed by atoms with van der Waals surface area (Å²) < 4.78 is 4.58. The van der Waals surface area contributed by atoms with Gasteiger partial charge in [-0.3, -0.25) is 9.59 Å². The maximum absolute atomic E-state index is 11.6. The number of methoxy groups -OCH3 is 1. The molecule has 8 heteroatoms. The van der Waals surface area contributed by atoms with E-state index < -0.39 is 18.0 Å². The first-order chi connectivity index (χ1) is 9.86. The number of carboxylic acid groups (broad SMARTS) is 1. The van der Waals surface area contributed by atoms with E-state index in [2.05, 4.69) is 10.1 Å². The number of carboxylic acids is 1. The normalized spacial score (nSPS) is 15.8. The van der Waals surface area contributed by atoms with Crippen molar-refractivity contribution in [3.8, 4) is 0 Å². The minimum Gasteiger partial charge on any atom is -0.478 e. The Balaban J connectivity index is 2.63. The fourth-order valence-electron chi connectivity index (χ4n) is 1.95. The minimum absolute atomic E-state index is 0.140. The number of hydrogen-bond donors (Lipinski definition) is 2. The molecule has 0 aromatic heterocycles. The predicted molar refractivity (Wildman–Crippen MR) is 75.8 cm³/mol. The first-order valence-electron chi connectivity index (χ1n) is 6.28. The molecule has 0 aromatic rings. The molecule has 0 radical (unpaired) electrons. The number of amides is 1. The molecule has 2 N–H and O–H groups in total. The summed E-state index contributed by atoms with van der Waals surface area (Å²) >= 11 is 1.21. The fraction of sp³-hybridized carbons (Fsp3) is 0.538. The molecule has 21 heavy (non-hydrogen) atoms. The number of thioether (sulfide) groups is 1. The Labute approximate surface area is 126 Å². The molecule has 0 saturated carbocycles. The second kappa shape index (κ2) is 7.82. The van der Waals surface area contributed by atoms with Crippen LogP contribution in [0.2, 0.25) is 0 Å². The van der Waals surface area contributed by atoms with Crippen molar-refractivity contribution >= 4 is 35.4 Å². The lowest BCUT2D eigenvalue weighted by atomic mass is 10.2. The number of ether oxygens (including phenoxy) is 1. The van der Waals surface area contributed by atoms with Gasteiger partial charge in [-0.05, 0) is 6.42 Å². The summed E-state index contributed by atoms with van der Waals surface area (Å²) in [6.07, 6.45) is 0.458. The van der Waals surface area contributed by atoms with Crippen LogP contribution < -0.4 is 5.32 Å². The number of hydrogen-bond acceptors (Lipinski definition) is 6. The van der Waals surface area contributed by atoms with E-state index in [-0.39, 0.29) is 41.6 Å². The lowest BCUT2D eigenvalue weighted by Gasteiger charge is -2.15. The highest BCUT2D eigenvalue weighted by atomic mass is 32.2. The van der Waals surface area contributed by atoms with Crippen LogP contribution in [0, 0.1) is 0 Å². The topological polar surface area (TPSA) is 110 Å². The lowest BCUT2D eigenvalue weighted by molar-refractivity contribution is -0.144. The SMILES string of the molecule is COC(=O)[C@H](CSCC1=C(C(=O)O)CCC1=O)NC(C)=O. The van der Waals surface area contributed by atoms with Gasteiger partial charge in [0.1, 0.15) is 6.04 Å². The first kappa shape index (κ1) is 17.2. The highest BCUT2D eigenvalue weighted by Crippen LogP contribution is 2.26. The van der Waals surface area contributed by atoms with E-state index in [9.17, 15) is 19.2 Å². The molecular weight excluding hydrogens is 298 g/mol. The molecule has 1 aliphatic carbocycles. The molecule has 1 aliphatic rings. The zero-order chi connectivity index (χ0) is 16.0. The van der Waals surface area contributed by atoms with Gasteiger partial charge in [0.25, 0.3) is 0 Å². The maximum atomic E-state index is 11.6. The number of carbonyl (C=O) groups is 4. The van der Waals surface area contributed by atoms with Gasteiger partial charge in [0.15, 0.2) is 5.78 Å². The summed E-state index contributed by atoms with van der Waals surface area (Å²) in [5.74, 6) is -1.79. The van der Waals surface area contributed by atoms with Gasteiger partial charge in [0.2, 0.25) is 5.91 Å². The number of ketones is 1. The molecule has 0 fully saturated rings. The van der Waals surface area contributed by atoms with Crippen LogP contribution in [0.3, 0.4) is 0 Å². The number of aliphatic carboxylic acids is 1. The molecular formula is C13H17NO6S. The average Bonchev–Trinajstić information content (AvgIpc) is 2.78. The van der Waals surface area contributed by atoms with Gasteiger partial charge in [-0.15, -0.1) is 0 Å². The summed E-state index contributed by atoms with van der Waals surface area (Å²) in [7, 11) is 1.22. The van der Waals surface area contributed by atoms with E-state index in [1.54, 1.807) is 0 Å². The van der Waals surface area contributed by atoms with Crippen LogP contribution in [0.15, 0.2) is 11.1 Å². The van der Waals surface area contributed by atoms with Crippen molar-refractivity contribution < 1.29 is 29.0 Å². The fourth-order valence-corrected chi connectivity index (χ4v) is 3.06. The second-order valence-electron chi connectivity index (χ2n) is 4.48. The Bertz CT molecular complexity index is 499. The van der Waals surface area contributed by atoms with Crippen molar-refractivity contribution in [2.45, 2.75) is 25.8 Å². The Morgan fingerprint density at radius 1 is 1.38 bits per heavy atom. The van der Waals surface area contributed by atoms with Crippen LogP contribution in [0.5, 0.6) is 0 Å². The highest BCUT2D eigenvalue weighted by molar-refractivity contribution is 7.99. The minimum atomic E-state index is -1.08. The van der Waals surface area contributed by atoms with E-state index in [1.165, 1.54) is 25.8 Å². The van der Waals surface area contributed by atoms with Crippen LogP contribution in [0.4, 0.5) is 0 Å². The van der Waals surface area contributed by atoms with Crippen molar-refractivity contribution in [1.29, 1.82) is 0 Å². The maximum Gasteiger partial charge on any atom is 0.332 e. The highest BCUT2D eigenvalue weighted by Gasteiger charge is 2.28. The van der Waals surface area contributed by atoms with E-state index >= 15 is 0 Å². The number of carbonyl (C=O) groups excluding carboxylic acids is 3. The number of nitrogens with one attached hydrogen (secondary N) is 1. The smallest absolute Gasteiger partial charge is 0.332 e. The second-order valence-corrected chi connectivity index (χ2v) is 5.51. The molecule has 0 aromatic carbocycles.